The number of ether oxygens (including phenoxy) is 2. The van der Waals surface area contributed by atoms with Gasteiger partial charge in [0.2, 0.25) is 0 Å². The van der Waals surface area contributed by atoms with Crippen molar-refractivity contribution in [3.05, 3.63) is 71.2 Å². The van der Waals surface area contributed by atoms with E-state index in [1.165, 1.54) is 25.3 Å². The van der Waals surface area contributed by atoms with Gasteiger partial charge in [-0.2, -0.15) is 0 Å². The van der Waals surface area contributed by atoms with Gasteiger partial charge in [-0.3, -0.25) is 9.69 Å². The average Bonchev–Trinajstić information content (AvgIpc) is 2.72. The van der Waals surface area contributed by atoms with E-state index in [0.717, 1.165) is 7.11 Å². The van der Waals surface area contributed by atoms with Crippen molar-refractivity contribution in [2.75, 3.05) is 19.1 Å². The van der Waals surface area contributed by atoms with E-state index < -0.39 is 23.6 Å². The van der Waals surface area contributed by atoms with Gasteiger partial charge in [0.15, 0.2) is 5.11 Å². The number of methoxy groups -OCH3 is 2. The maximum absolute atomic E-state index is 13.8. The smallest absolute Gasteiger partial charge is 0.379 e. The molecule has 8 heteroatoms. The molecule has 0 aromatic heterocycles. The molecule has 0 saturated carbocycles. The number of Topliss-reactive ketones (excluding diaryl/α,β-unsaturated/α-hetero) is 1. The minimum absolute atomic E-state index is 0.113. The van der Waals surface area contributed by atoms with E-state index in [1.54, 1.807) is 42.2 Å². The number of hydrogen-bond acceptors (Lipinski definition) is 5. The lowest BCUT2D eigenvalue weighted by Crippen LogP contribution is -2.48. The van der Waals surface area contributed by atoms with Crippen LogP contribution in [0.3, 0.4) is 0 Å². The third kappa shape index (κ3) is 3.84. The van der Waals surface area contributed by atoms with Crippen molar-refractivity contribution >= 4 is 34.8 Å². The van der Waals surface area contributed by atoms with Crippen LogP contribution in [0.2, 0.25) is 0 Å². The summed E-state index contributed by atoms with van der Waals surface area (Å²) in [7, 11) is 2.65. The third-order valence-electron chi connectivity index (χ3n) is 4.61. The number of rotatable bonds is 5. The number of hydrogen-bond donors (Lipinski definition) is 1. The predicted molar refractivity (Wildman–Crippen MR) is 110 cm³/mol. The molecule has 0 spiro atoms. The number of carbonyl (C=O) groups excluding carboxylic acids is 2. The second-order valence-corrected chi connectivity index (χ2v) is 6.65. The lowest BCUT2D eigenvalue weighted by Gasteiger charge is -2.38. The quantitative estimate of drug-likeness (QED) is 0.457. The van der Waals surface area contributed by atoms with Gasteiger partial charge in [0.05, 0.1) is 31.5 Å². The zero-order valence-corrected chi connectivity index (χ0v) is 16.9. The molecule has 6 nitrogen and oxygen atoms in total. The first kappa shape index (κ1) is 20.5. The number of halogens is 1. The third-order valence-corrected chi connectivity index (χ3v) is 4.91. The summed E-state index contributed by atoms with van der Waals surface area (Å²) in [5.41, 5.74) is 1.58. The molecule has 1 aliphatic rings. The van der Waals surface area contributed by atoms with Crippen LogP contribution in [0.4, 0.5) is 10.1 Å². The molecule has 0 radical (unpaired) electrons. The minimum atomic E-state index is -1.02. The number of thiocarbonyl (C=S) groups is 1. The lowest BCUT2D eigenvalue weighted by atomic mass is 9.91. The molecule has 0 amide bonds. The molecule has 29 heavy (non-hydrogen) atoms. The van der Waals surface area contributed by atoms with E-state index >= 15 is 0 Å². The molecule has 1 atom stereocenters. The van der Waals surface area contributed by atoms with Crippen molar-refractivity contribution in [3.8, 4) is 5.75 Å². The maximum Gasteiger partial charge on any atom is 0.379 e. The molecular weight excluding hydrogens is 395 g/mol. The molecular formula is C21H19FN2O4S. The summed E-state index contributed by atoms with van der Waals surface area (Å²) in [6.45, 7) is 1.67. The highest BCUT2D eigenvalue weighted by Crippen LogP contribution is 2.37. The first-order valence-electron chi connectivity index (χ1n) is 8.71. The number of esters is 1. The van der Waals surface area contributed by atoms with Crippen molar-refractivity contribution in [2.45, 2.75) is 13.0 Å². The zero-order chi connectivity index (χ0) is 21.1. The van der Waals surface area contributed by atoms with Crippen LogP contribution in [0.15, 0.2) is 59.8 Å². The van der Waals surface area contributed by atoms with Crippen LogP contribution in [0, 0.1) is 5.82 Å². The first-order chi connectivity index (χ1) is 13.9. The van der Waals surface area contributed by atoms with E-state index in [-0.39, 0.29) is 10.7 Å². The number of nitrogens with one attached hydrogen (secondary N) is 1. The van der Waals surface area contributed by atoms with Crippen molar-refractivity contribution < 1.29 is 23.5 Å². The van der Waals surface area contributed by atoms with Crippen molar-refractivity contribution in [1.82, 2.24) is 5.32 Å². The molecule has 1 heterocycles. The van der Waals surface area contributed by atoms with Gasteiger partial charge < -0.3 is 14.8 Å². The fourth-order valence-electron chi connectivity index (χ4n) is 3.28. The average molecular weight is 414 g/mol. The van der Waals surface area contributed by atoms with Gasteiger partial charge in [-0.25, -0.2) is 9.18 Å². The monoisotopic (exact) mass is 414 g/mol. The van der Waals surface area contributed by atoms with Gasteiger partial charge >= 0.3 is 5.97 Å². The summed E-state index contributed by atoms with van der Waals surface area (Å²) in [6.07, 6.45) is 0. The lowest BCUT2D eigenvalue weighted by molar-refractivity contribution is -0.150. The van der Waals surface area contributed by atoms with Crippen LogP contribution >= 0.6 is 12.2 Å². The molecule has 2 aromatic rings. The Kier molecular flexibility index (Phi) is 5.93. The maximum atomic E-state index is 13.8. The number of ketones is 1. The van der Waals surface area contributed by atoms with Crippen LogP contribution in [-0.2, 0) is 14.3 Å². The highest BCUT2D eigenvalue weighted by Gasteiger charge is 2.38. The van der Waals surface area contributed by atoms with Gasteiger partial charge in [0, 0.05) is 5.70 Å². The molecule has 0 aliphatic carbocycles. The Morgan fingerprint density at radius 3 is 2.52 bits per heavy atom. The standard InChI is InChI=1S/C21H19FN2O4S/c1-12-17(19(25)20(26)28-3)18(13-7-6-8-14(22)11-13)23-21(29)24(12)15-9-4-5-10-16(15)27-2/h4-11,18H,1-3H3,(H,23,29)/t18-/m0/s1. The molecule has 2 aromatic carbocycles. The Hall–Kier alpha value is -3.26. The summed E-state index contributed by atoms with van der Waals surface area (Å²) < 4.78 is 23.9. The van der Waals surface area contributed by atoms with Crippen LogP contribution < -0.4 is 15.0 Å². The molecule has 0 unspecified atom stereocenters. The topological polar surface area (TPSA) is 67.9 Å². The normalized spacial score (nSPS) is 16.3. The Bertz CT molecular complexity index is 1020. The van der Waals surface area contributed by atoms with E-state index in [9.17, 15) is 14.0 Å². The van der Waals surface area contributed by atoms with Crippen LogP contribution in [0.5, 0.6) is 5.75 Å². The van der Waals surface area contributed by atoms with E-state index in [1.807, 2.05) is 0 Å². The highest BCUT2D eigenvalue weighted by molar-refractivity contribution is 7.80. The number of anilines is 1. The van der Waals surface area contributed by atoms with E-state index in [0.29, 0.717) is 22.7 Å². The van der Waals surface area contributed by atoms with Crippen molar-refractivity contribution in [2.24, 2.45) is 0 Å². The molecule has 1 aliphatic heterocycles. The number of allylic oxidation sites excluding steroid dienone is 1. The van der Waals surface area contributed by atoms with Gasteiger partial charge in [0.1, 0.15) is 11.6 Å². The molecule has 0 saturated heterocycles. The van der Waals surface area contributed by atoms with Crippen LogP contribution in [0.25, 0.3) is 0 Å². The largest absolute Gasteiger partial charge is 0.495 e. The van der Waals surface area contributed by atoms with Gasteiger partial charge in [-0.1, -0.05) is 24.3 Å². The number of nitrogens with zero attached hydrogens (tertiary/aromatic N) is 1. The van der Waals surface area contributed by atoms with Crippen molar-refractivity contribution in [1.29, 1.82) is 0 Å². The Morgan fingerprint density at radius 2 is 1.86 bits per heavy atom. The number of carbonyl (C=O) groups is 2. The number of para-hydroxylation sites is 2. The fourth-order valence-corrected chi connectivity index (χ4v) is 3.63. The summed E-state index contributed by atoms with van der Waals surface area (Å²) in [5.74, 6) is -1.79. The summed E-state index contributed by atoms with van der Waals surface area (Å²) >= 11 is 5.54. The SMILES string of the molecule is COC(=O)C(=O)C1=C(C)N(c2ccccc2OC)C(=S)N[C@H]1c1cccc(F)c1. The Labute approximate surface area is 172 Å². The minimum Gasteiger partial charge on any atom is -0.495 e. The fraction of sp³-hybridized carbons (Fsp3) is 0.190. The van der Waals surface area contributed by atoms with Gasteiger partial charge in [-0.05, 0) is 49.0 Å². The van der Waals surface area contributed by atoms with Gasteiger partial charge in [0.25, 0.3) is 5.78 Å². The Morgan fingerprint density at radius 1 is 1.14 bits per heavy atom. The zero-order valence-electron chi connectivity index (χ0n) is 16.1. The highest BCUT2D eigenvalue weighted by atomic mass is 32.1. The predicted octanol–water partition coefficient (Wildman–Crippen LogP) is 3.29. The van der Waals surface area contributed by atoms with Crippen molar-refractivity contribution in [3.63, 3.8) is 0 Å². The van der Waals surface area contributed by atoms with Gasteiger partial charge in [-0.15, -0.1) is 0 Å². The number of benzene rings is 2. The van der Waals surface area contributed by atoms with Crippen LogP contribution in [0.1, 0.15) is 18.5 Å². The molecule has 3 rings (SSSR count). The second-order valence-electron chi connectivity index (χ2n) is 6.26. The van der Waals surface area contributed by atoms with E-state index in [4.69, 9.17) is 17.0 Å². The summed E-state index contributed by atoms with van der Waals surface area (Å²) in [4.78, 5) is 26.6. The Balaban J connectivity index is 2.21. The first-order valence-corrected chi connectivity index (χ1v) is 9.12. The van der Waals surface area contributed by atoms with Crippen LogP contribution in [-0.4, -0.2) is 31.1 Å². The molecule has 0 bridgehead atoms. The molecule has 150 valence electrons. The summed E-state index contributed by atoms with van der Waals surface area (Å²) in [6, 6.07) is 12.1. The molecule has 0 fully saturated rings. The second kappa shape index (κ2) is 8.40. The molecule has 1 N–H and O–H groups in total. The van der Waals surface area contributed by atoms with E-state index in [2.05, 4.69) is 10.1 Å². The summed E-state index contributed by atoms with van der Waals surface area (Å²) in [5, 5.41) is 3.33.